The molecule has 0 aliphatic carbocycles. The molecule has 19 heavy (non-hydrogen) atoms. The Kier molecular flexibility index (Phi) is 3.84. The van der Waals surface area contributed by atoms with Gasteiger partial charge in [-0.25, -0.2) is 0 Å². The van der Waals surface area contributed by atoms with Gasteiger partial charge in [0.15, 0.2) is 0 Å². The topological polar surface area (TPSA) is 55.7 Å². The van der Waals surface area contributed by atoms with E-state index in [1.807, 2.05) is 6.07 Å². The van der Waals surface area contributed by atoms with Crippen LogP contribution in [0.2, 0.25) is 0 Å². The van der Waals surface area contributed by atoms with Crippen LogP contribution >= 0.6 is 0 Å². The average Bonchev–Trinajstić information content (AvgIpc) is 2.71. The van der Waals surface area contributed by atoms with E-state index in [0.717, 1.165) is 19.5 Å². The number of hydrogen-bond acceptors (Lipinski definition) is 4. The largest absolute Gasteiger partial charge is 0.394 e. The van der Waals surface area contributed by atoms with E-state index in [2.05, 4.69) is 34.5 Å². The summed E-state index contributed by atoms with van der Waals surface area (Å²) in [7, 11) is 0. The van der Waals surface area contributed by atoms with Gasteiger partial charge in [0, 0.05) is 25.2 Å². The first kappa shape index (κ1) is 13.1. The summed E-state index contributed by atoms with van der Waals surface area (Å²) < 4.78 is 0. The maximum Gasteiger partial charge on any atom is 0.0938 e. The molecule has 2 heterocycles. The van der Waals surface area contributed by atoms with Gasteiger partial charge in [-0.05, 0) is 18.4 Å². The molecule has 4 heteroatoms. The van der Waals surface area contributed by atoms with Crippen LogP contribution in [0.25, 0.3) is 0 Å². The maximum atomic E-state index is 9.95. The monoisotopic (exact) mass is 262 g/mol. The SMILES string of the molecule is OCC(O)C1NCC2CCC1N2Cc1ccccc1. The Morgan fingerprint density at radius 3 is 2.79 bits per heavy atom. The molecular weight excluding hydrogens is 240 g/mol. The highest BCUT2D eigenvalue weighted by Crippen LogP contribution is 2.32. The van der Waals surface area contributed by atoms with Crippen LogP contribution in [0.3, 0.4) is 0 Å². The lowest BCUT2D eigenvalue weighted by Gasteiger charge is -2.42. The first-order valence-electron chi connectivity index (χ1n) is 7.11. The molecule has 1 aromatic rings. The fourth-order valence-electron chi connectivity index (χ4n) is 3.53. The molecule has 3 rings (SSSR count). The van der Waals surface area contributed by atoms with Gasteiger partial charge < -0.3 is 15.5 Å². The summed E-state index contributed by atoms with van der Waals surface area (Å²) >= 11 is 0. The second kappa shape index (κ2) is 5.59. The van der Waals surface area contributed by atoms with E-state index in [1.54, 1.807) is 0 Å². The first-order chi connectivity index (χ1) is 9.29. The third-order valence-electron chi connectivity index (χ3n) is 4.50. The van der Waals surface area contributed by atoms with Gasteiger partial charge in [0.25, 0.3) is 0 Å². The summed E-state index contributed by atoms with van der Waals surface area (Å²) in [4.78, 5) is 2.50. The van der Waals surface area contributed by atoms with Gasteiger partial charge in [-0.3, -0.25) is 4.90 Å². The first-order valence-corrected chi connectivity index (χ1v) is 7.11. The number of nitrogens with zero attached hydrogens (tertiary/aromatic N) is 1. The smallest absolute Gasteiger partial charge is 0.0938 e. The minimum atomic E-state index is -0.665. The molecule has 104 valence electrons. The van der Waals surface area contributed by atoms with Crippen LogP contribution < -0.4 is 5.32 Å². The van der Waals surface area contributed by atoms with Crippen LogP contribution in [0.15, 0.2) is 30.3 Å². The van der Waals surface area contributed by atoms with Crippen LogP contribution in [0.1, 0.15) is 18.4 Å². The van der Waals surface area contributed by atoms with Crippen molar-refractivity contribution in [3.63, 3.8) is 0 Å². The molecule has 0 radical (unpaired) electrons. The predicted octanol–water partition coefficient (Wildman–Crippen LogP) is 0.345. The van der Waals surface area contributed by atoms with E-state index in [1.165, 1.54) is 12.0 Å². The van der Waals surface area contributed by atoms with Crippen molar-refractivity contribution in [3.05, 3.63) is 35.9 Å². The molecule has 1 aromatic carbocycles. The standard InChI is InChI=1S/C15H22N2O2/c18-10-14(19)15-13-7-6-12(8-16-15)17(13)9-11-4-2-1-3-5-11/h1-5,12-16,18-19H,6-10H2. The second-order valence-corrected chi connectivity index (χ2v) is 5.64. The lowest BCUT2D eigenvalue weighted by atomic mass is 9.99. The van der Waals surface area contributed by atoms with E-state index in [4.69, 9.17) is 0 Å². The molecule has 2 bridgehead atoms. The van der Waals surface area contributed by atoms with Crippen LogP contribution in [-0.2, 0) is 6.54 Å². The van der Waals surface area contributed by atoms with Crippen LogP contribution in [0.4, 0.5) is 0 Å². The molecule has 4 atom stereocenters. The lowest BCUT2D eigenvalue weighted by Crippen LogP contribution is -2.62. The summed E-state index contributed by atoms with van der Waals surface area (Å²) in [5, 5.41) is 22.5. The molecule has 2 fully saturated rings. The molecule has 2 aliphatic rings. The fraction of sp³-hybridized carbons (Fsp3) is 0.600. The number of benzene rings is 1. The van der Waals surface area contributed by atoms with Gasteiger partial charge in [0.2, 0.25) is 0 Å². The highest BCUT2D eigenvalue weighted by atomic mass is 16.3. The van der Waals surface area contributed by atoms with Crippen molar-refractivity contribution >= 4 is 0 Å². The van der Waals surface area contributed by atoms with Crippen LogP contribution in [-0.4, -0.2) is 52.5 Å². The van der Waals surface area contributed by atoms with Crippen LogP contribution in [0.5, 0.6) is 0 Å². The van der Waals surface area contributed by atoms with E-state index in [-0.39, 0.29) is 12.6 Å². The Morgan fingerprint density at radius 1 is 1.26 bits per heavy atom. The zero-order chi connectivity index (χ0) is 13.2. The number of nitrogens with one attached hydrogen (secondary N) is 1. The van der Waals surface area contributed by atoms with E-state index in [9.17, 15) is 10.2 Å². The van der Waals surface area contributed by atoms with Crippen molar-refractivity contribution < 1.29 is 10.2 Å². The molecular formula is C15H22N2O2. The number of piperazine rings is 1. The fourth-order valence-corrected chi connectivity index (χ4v) is 3.53. The van der Waals surface area contributed by atoms with Crippen molar-refractivity contribution in [2.75, 3.05) is 13.2 Å². The lowest BCUT2D eigenvalue weighted by molar-refractivity contribution is 0.00490. The third-order valence-corrected chi connectivity index (χ3v) is 4.50. The van der Waals surface area contributed by atoms with Gasteiger partial charge in [0.1, 0.15) is 0 Å². The van der Waals surface area contributed by atoms with Crippen molar-refractivity contribution in [2.45, 2.75) is 43.6 Å². The molecule has 0 amide bonds. The number of aliphatic hydroxyl groups is 2. The Morgan fingerprint density at radius 2 is 2.05 bits per heavy atom. The Labute approximate surface area is 114 Å². The summed E-state index contributed by atoms with van der Waals surface area (Å²) in [5.74, 6) is 0. The Balaban J connectivity index is 1.74. The Bertz CT molecular complexity index is 412. The van der Waals surface area contributed by atoms with E-state index < -0.39 is 6.10 Å². The predicted molar refractivity (Wildman–Crippen MR) is 73.7 cm³/mol. The number of rotatable bonds is 4. The van der Waals surface area contributed by atoms with Gasteiger partial charge in [-0.2, -0.15) is 0 Å². The van der Waals surface area contributed by atoms with Crippen molar-refractivity contribution in [2.24, 2.45) is 0 Å². The second-order valence-electron chi connectivity index (χ2n) is 5.64. The highest BCUT2D eigenvalue weighted by Gasteiger charge is 2.44. The van der Waals surface area contributed by atoms with E-state index >= 15 is 0 Å². The molecule has 3 N–H and O–H groups in total. The van der Waals surface area contributed by atoms with Crippen molar-refractivity contribution in [3.8, 4) is 0 Å². The summed E-state index contributed by atoms with van der Waals surface area (Å²) in [6, 6.07) is 11.4. The molecule has 4 unspecified atom stereocenters. The minimum Gasteiger partial charge on any atom is -0.394 e. The van der Waals surface area contributed by atoms with E-state index in [0.29, 0.717) is 12.1 Å². The van der Waals surface area contributed by atoms with Crippen LogP contribution in [0, 0.1) is 0 Å². The minimum absolute atomic E-state index is 0.00698. The van der Waals surface area contributed by atoms with Crippen molar-refractivity contribution in [1.29, 1.82) is 0 Å². The van der Waals surface area contributed by atoms with Gasteiger partial charge in [0.05, 0.1) is 18.8 Å². The molecule has 0 aromatic heterocycles. The molecule has 0 spiro atoms. The number of aliphatic hydroxyl groups excluding tert-OH is 2. The third kappa shape index (κ3) is 2.54. The zero-order valence-corrected chi connectivity index (χ0v) is 11.1. The summed E-state index contributed by atoms with van der Waals surface area (Å²) in [6.07, 6.45) is 1.62. The normalized spacial score (nSPS) is 32.4. The quantitative estimate of drug-likeness (QED) is 0.733. The average molecular weight is 262 g/mol. The number of hydrogen-bond donors (Lipinski definition) is 3. The maximum absolute atomic E-state index is 9.95. The summed E-state index contributed by atoms with van der Waals surface area (Å²) in [6.45, 7) is 1.68. The summed E-state index contributed by atoms with van der Waals surface area (Å²) in [5.41, 5.74) is 1.32. The van der Waals surface area contributed by atoms with Gasteiger partial charge in [-0.15, -0.1) is 0 Å². The highest BCUT2D eigenvalue weighted by molar-refractivity contribution is 5.16. The molecule has 2 aliphatic heterocycles. The van der Waals surface area contributed by atoms with Crippen molar-refractivity contribution in [1.82, 2.24) is 10.2 Å². The molecule has 0 saturated carbocycles. The number of fused-ring (bicyclic) bond motifs is 2. The Hall–Kier alpha value is -0.940. The van der Waals surface area contributed by atoms with Gasteiger partial charge in [-0.1, -0.05) is 30.3 Å². The van der Waals surface area contributed by atoms with Gasteiger partial charge >= 0.3 is 0 Å². The zero-order valence-electron chi connectivity index (χ0n) is 11.1. The molecule has 2 saturated heterocycles. The molecule has 4 nitrogen and oxygen atoms in total.